The zero-order chi connectivity index (χ0) is 15.8. The Morgan fingerprint density at radius 2 is 1.91 bits per heavy atom. The molecule has 4 rings (SSSR count). The number of hydrogen-bond donors (Lipinski definition) is 1. The maximum absolute atomic E-state index is 12.0. The van der Waals surface area contributed by atoms with Gasteiger partial charge in [-0.05, 0) is 86.9 Å². The summed E-state index contributed by atoms with van der Waals surface area (Å²) in [4.78, 5) is 12.0. The molecule has 4 aliphatic rings. The molecule has 2 nitrogen and oxygen atoms in total. The van der Waals surface area contributed by atoms with Crippen molar-refractivity contribution in [3.8, 4) is 0 Å². The average Bonchev–Trinajstić information content (AvgIpc) is 2.68. The molecule has 1 spiro atoms. The Hall–Kier alpha value is -0.790. The minimum absolute atomic E-state index is 0.210. The van der Waals surface area contributed by atoms with Gasteiger partial charge in [0.1, 0.15) is 0 Å². The molecule has 0 heterocycles. The van der Waals surface area contributed by atoms with Crippen LogP contribution in [0.3, 0.4) is 0 Å². The molecular formula is C20H30O2. The van der Waals surface area contributed by atoms with Crippen molar-refractivity contribution in [2.24, 2.45) is 34.0 Å². The zero-order valence-electron chi connectivity index (χ0n) is 14.2. The Morgan fingerprint density at radius 1 is 1.14 bits per heavy atom. The van der Waals surface area contributed by atoms with Gasteiger partial charge < -0.3 is 5.11 Å². The number of rotatable bonds is 1. The molecule has 0 saturated heterocycles. The van der Waals surface area contributed by atoms with Crippen LogP contribution in [-0.4, -0.2) is 11.1 Å². The third-order valence-electron chi connectivity index (χ3n) is 8.56. The topological polar surface area (TPSA) is 37.3 Å². The van der Waals surface area contributed by atoms with Crippen LogP contribution in [0.5, 0.6) is 0 Å². The van der Waals surface area contributed by atoms with Crippen molar-refractivity contribution in [1.29, 1.82) is 0 Å². The van der Waals surface area contributed by atoms with E-state index in [1.807, 2.05) is 6.92 Å². The number of allylic oxidation sites excluding steroid dienone is 1. The van der Waals surface area contributed by atoms with Gasteiger partial charge in [-0.15, -0.1) is 0 Å². The average molecular weight is 302 g/mol. The molecular weight excluding hydrogens is 272 g/mol. The molecule has 0 radical (unpaired) electrons. The van der Waals surface area contributed by atoms with E-state index < -0.39 is 11.4 Å². The normalized spacial score (nSPS) is 53.7. The fourth-order valence-corrected chi connectivity index (χ4v) is 7.60. The van der Waals surface area contributed by atoms with Crippen LogP contribution in [0, 0.1) is 34.0 Å². The number of carboxylic acids is 1. The van der Waals surface area contributed by atoms with Crippen molar-refractivity contribution in [3.63, 3.8) is 0 Å². The maximum Gasteiger partial charge on any atom is 0.309 e. The van der Waals surface area contributed by atoms with Gasteiger partial charge in [0.05, 0.1) is 5.41 Å². The van der Waals surface area contributed by atoms with Gasteiger partial charge in [0, 0.05) is 0 Å². The fraction of sp³-hybridized carbons (Fsp3) is 0.850. The van der Waals surface area contributed by atoms with Crippen LogP contribution in [0.2, 0.25) is 0 Å². The van der Waals surface area contributed by atoms with E-state index in [0.717, 1.165) is 25.2 Å². The minimum Gasteiger partial charge on any atom is -0.481 e. The summed E-state index contributed by atoms with van der Waals surface area (Å²) >= 11 is 0. The highest BCUT2D eigenvalue weighted by Crippen LogP contribution is 2.72. The highest BCUT2D eigenvalue weighted by Gasteiger charge is 2.65. The molecule has 4 aliphatic carbocycles. The monoisotopic (exact) mass is 302 g/mol. The predicted octanol–water partition coefficient (Wildman–Crippen LogP) is 5.04. The second-order valence-corrected chi connectivity index (χ2v) is 9.34. The van der Waals surface area contributed by atoms with Crippen molar-refractivity contribution in [3.05, 3.63) is 12.2 Å². The van der Waals surface area contributed by atoms with Crippen molar-refractivity contribution < 1.29 is 9.90 Å². The van der Waals surface area contributed by atoms with Gasteiger partial charge in [-0.25, -0.2) is 0 Å². The van der Waals surface area contributed by atoms with E-state index in [2.05, 4.69) is 13.5 Å². The first-order valence-corrected chi connectivity index (χ1v) is 9.24. The molecule has 0 amide bonds. The Bertz CT molecular complexity index is 538. The van der Waals surface area contributed by atoms with Crippen molar-refractivity contribution in [2.45, 2.75) is 71.6 Å². The van der Waals surface area contributed by atoms with E-state index in [-0.39, 0.29) is 5.41 Å². The number of carbonyl (C=O) groups is 1. The summed E-state index contributed by atoms with van der Waals surface area (Å²) < 4.78 is 0. The molecule has 0 aromatic heterocycles. The molecule has 0 aromatic rings. The minimum atomic E-state index is -0.557. The Labute approximate surface area is 134 Å². The van der Waals surface area contributed by atoms with E-state index in [1.165, 1.54) is 44.1 Å². The third kappa shape index (κ3) is 1.59. The molecule has 122 valence electrons. The molecule has 2 bridgehead atoms. The number of aliphatic carboxylic acids is 1. The maximum atomic E-state index is 12.0. The first kappa shape index (κ1) is 14.8. The van der Waals surface area contributed by atoms with E-state index in [9.17, 15) is 9.90 Å². The lowest BCUT2D eigenvalue weighted by Crippen LogP contribution is -2.58. The van der Waals surface area contributed by atoms with Gasteiger partial charge in [0.2, 0.25) is 0 Å². The van der Waals surface area contributed by atoms with Gasteiger partial charge in [-0.2, -0.15) is 0 Å². The second-order valence-electron chi connectivity index (χ2n) is 9.34. The summed E-state index contributed by atoms with van der Waals surface area (Å²) in [5, 5.41) is 9.91. The molecule has 0 aromatic carbocycles. The quantitative estimate of drug-likeness (QED) is 0.689. The van der Waals surface area contributed by atoms with Crippen LogP contribution >= 0.6 is 0 Å². The lowest BCUT2D eigenvalue weighted by molar-refractivity contribution is -0.177. The molecule has 0 unspecified atom stereocenters. The Morgan fingerprint density at radius 3 is 2.64 bits per heavy atom. The Balaban J connectivity index is 1.77. The van der Waals surface area contributed by atoms with Crippen LogP contribution < -0.4 is 0 Å². The second kappa shape index (κ2) is 4.39. The van der Waals surface area contributed by atoms with Gasteiger partial charge in [-0.1, -0.05) is 25.5 Å². The smallest absolute Gasteiger partial charge is 0.309 e. The van der Waals surface area contributed by atoms with Crippen molar-refractivity contribution >= 4 is 5.97 Å². The summed E-state index contributed by atoms with van der Waals surface area (Å²) in [6.07, 6.45) is 10.7. The molecule has 1 N–H and O–H groups in total. The fourth-order valence-electron chi connectivity index (χ4n) is 7.60. The van der Waals surface area contributed by atoms with E-state index in [0.29, 0.717) is 17.3 Å². The van der Waals surface area contributed by atoms with Gasteiger partial charge in [-0.3, -0.25) is 4.79 Å². The molecule has 4 fully saturated rings. The van der Waals surface area contributed by atoms with Crippen LogP contribution in [0.1, 0.15) is 71.6 Å². The molecule has 0 aliphatic heterocycles. The molecule has 22 heavy (non-hydrogen) atoms. The predicted molar refractivity (Wildman–Crippen MR) is 87.4 cm³/mol. The van der Waals surface area contributed by atoms with Crippen LogP contribution in [0.15, 0.2) is 12.2 Å². The van der Waals surface area contributed by atoms with Gasteiger partial charge in [0.15, 0.2) is 0 Å². The van der Waals surface area contributed by atoms with Crippen LogP contribution in [0.4, 0.5) is 0 Å². The summed E-state index contributed by atoms with van der Waals surface area (Å²) in [6, 6.07) is 0. The number of carboxylic acid groups (broad SMARTS) is 1. The van der Waals surface area contributed by atoms with E-state index in [1.54, 1.807) is 0 Å². The SMILES string of the molecule is C=C1C[C@@H]2CC[C@@H]3[C@@]1(CC[C@H]1[C@@]3(C)CCC[C@@]1(C)C(=O)O)C2. The molecule has 6 atom stereocenters. The lowest BCUT2D eigenvalue weighted by atomic mass is 9.40. The molecule has 4 saturated carbocycles. The van der Waals surface area contributed by atoms with E-state index >= 15 is 0 Å². The largest absolute Gasteiger partial charge is 0.481 e. The van der Waals surface area contributed by atoms with Crippen molar-refractivity contribution in [1.82, 2.24) is 0 Å². The van der Waals surface area contributed by atoms with Gasteiger partial charge >= 0.3 is 5.97 Å². The third-order valence-corrected chi connectivity index (χ3v) is 8.56. The summed E-state index contributed by atoms with van der Waals surface area (Å²) in [5.41, 5.74) is 1.58. The highest BCUT2D eigenvalue weighted by atomic mass is 16.4. The van der Waals surface area contributed by atoms with Crippen molar-refractivity contribution in [2.75, 3.05) is 0 Å². The zero-order valence-corrected chi connectivity index (χ0v) is 14.2. The first-order valence-electron chi connectivity index (χ1n) is 9.24. The Kier molecular flexibility index (Phi) is 2.95. The first-order chi connectivity index (χ1) is 10.3. The number of fused-ring (bicyclic) bond motifs is 3. The summed E-state index contributed by atoms with van der Waals surface area (Å²) in [7, 11) is 0. The molecule has 2 heteroatoms. The van der Waals surface area contributed by atoms with Gasteiger partial charge in [0.25, 0.3) is 0 Å². The lowest BCUT2D eigenvalue weighted by Gasteiger charge is -2.63. The van der Waals surface area contributed by atoms with Crippen LogP contribution in [-0.2, 0) is 4.79 Å². The summed E-state index contributed by atoms with van der Waals surface area (Å²) in [5.74, 6) is 1.35. The van der Waals surface area contributed by atoms with E-state index in [4.69, 9.17) is 0 Å². The van der Waals surface area contributed by atoms with Crippen LogP contribution in [0.25, 0.3) is 0 Å². The highest BCUT2D eigenvalue weighted by molar-refractivity contribution is 5.75. The summed E-state index contributed by atoms with van der Waals surface area (Å²) in [6.45, 7) is 8.97. The number of hydrogen-bond acceptors (Lipinski definition) is 1. The standard InChI is InChI=1S/C20H30O2/c1-13-11-14-5-6-16-18(2)8-4-9-19(3,17(21)22)15(18)7-10-20(13,16)12-14/h14-16H,1,4-12H2,2-3H3,(H,21,22)/t14-,15-,16-,18+,19+,20-/m0/s1.